The maximum atomic E-state index is 11.9. The number of hydrogen-bond acceptors (Lipinski definition) is 3. The highest BCUT2D eigenvalue weighted by Crippen LogP contribution is 2.19. The van der Waals surface area contributed by atoms with Crippen molar-refractivity contribution in [3.05, 3.63) is 40.3 Å². The first-order valence-corrected chi connectivity index (χ1v) is 5.15. The average molecular weight is 231 g/mol. The van der Waals surface area contributed by atoms with Gasteiger partial charge < -0.3 is 15.6 Å². The molecule has 1 heterocycles. The van der Waals surface area contributed by atoms with Gasteiger partial charge in [-0.05, 0) is 18.2 Å². The smallest absolute Gasteiger partial charge is 0.258 e. The number of aryl methyl sites for hydroxylation is 1. The number of carbonyl (C=O) groups is 1. The zero-order chi connectivity index (χ0) is 12.6. The summed E-state index contributed by atoms with van der Waals surface area (Å²) in [7, 11) is 3.37. The molecule has 2 rings (SSSR count). The summed E-state index contributed by atoms with van der Waals surface area (Å²) in [5.41, 5.74) is 6.34. The second-order valence-corrected chi connectivity index (χ2v) is 3.83. The van der Waals surface area contributed by atoms with Gasteiger partial charge in [-0.1, -0.05) is 0 Å². The van der Waals surface area contributed by atoms with Crippen LogP contribution in [0.2, 0.25) is 0 Å². The van der Waals surface area contributed by atoms with E-state index in [-0.39, 0.29) is 5.56 Å². The molecule has 0 bridgehead atoms. The van der Waals surface area contributed by atoms with Gasteiger partial charge >= 0.3 is 0 Å². The van der Waals surface area contributed by atoms with Crippen molar-refractivity contribution in [2.75, 3.05) is 12.4 Å². The Morgan fingerprint density at radius 1 is 1.35 bits per heavy atom. The number of benzene rings is 1. The molecule has 0 spiro atoms. The van der Waals surface area contributed by atoms with Crippen LogP contribution in [0.4, 0.5) is 5.69 Å². The Kier molecular flexibility index (Phi) is 2.59. The predicted molar refractivity (Wildman–Crippen MR) is 67.3 cm³/mol. The Bertz CT molecular complexity index is 659. The van der Waals surface area contributed by atoms with E-state index >= 15 is 0 Å². The van der Waals surface area contributed by atoms with Gasteiger partial charge in [0.1, 0.15) is 0 Å². The standard InChI is InChI=1S/C12H13N3O2/c1-14-7-3-4-8-9(5-7)10(11(13)16)6-15(2)12(8)17/h3-6,14H,1-2H3,(H2,13,16). The minimum atomic E-state index is -0.543. The van der Waals surface area contributed by atoms with E-state index in [1.807, 2.05) is 0 Å². The monoisotopic (exact) mass is 231 g/mol. The molecule has 0 aliphatic carbocycles. The largest absolute Gasteiger partial charge is 0.388 e. The Morgan fingerprint density at radius 3 is 2.65 bits per heavy atom. The van der Waals surface area contributed by atoms with E-state index in [1.54, 1.807) is 32.3 Å². The molecule has 0 saturated carbocycles. The second kappa shape index (κ2) is 3.93. The summed E-state index contributed by atoms with van der Waals surface area (Å²) in [4.78, 5) is 23.3. The zero-order valence-electron chi connectivity index (χ0n) is 9.65. The summed E-state index contributed by atoms with van der Waals surface area (Å²) >= 11 is 0. The van der Waals surface area contributed by atoms with Crippen LogP contribution in [0.5, 0.6) is 0 Å². The molecule has 17 heavy (non-hydrogen) atoms. The van der Waals surface area contributed by atoms with E-state index in [1.165, 1.54) is 10.8 Å². The lowest BCUT2D eigenvalue weighted by molar-refractivity contribution is 0.100. The quantitative estimate of drug-likeness (QED) is 0.797. The number of nitrogens with zero attached hydrogens (tertiary/aromatic N) is 1. The lowest BCUT2D eigenvalue weighted by Crippen LogP contribution is -2.21. The van der Waals surface area contributed by atoms with Crippen LogP contribution in [-0.2, 0) is 7.05 Å². The third-order valence-electron chi connectivity index (χ3n) is 2.74. The van der Waals surface area contributed by atoms with Crippen molar-refractivity contribution in [2.24, 2.45) is 12.8 Å². The fraction of sp³-hybridized carbons (Fsp3) is 0.167. The van der Waals surface area contributed by atoms with E-state index in [0.717, 1.165) is 5.69 Å². The van der Waals surface area contributed by atoms with E-state index in [0.29, 0.717) is 16.3 Å². The van der Waals surface area contributed by atoms with E-state index in [4.69, 9.17) is 5.73 Å². The molecule has 1 amide bonds. The molecular formula is C12H13N3O2. The molecule has 0 atom stereocenters. The van der Waals surface area contributed by atoms with Crippen LogP contribution in [0.25, 0.3) is 10.8 Å². The van der Waals surface area contributed by atoms with Crippen LogP contribution < -0.4 is 16.6 Å². The molecule has 0 aliphatic rings. The molecule has 2 aromatic rings. The Morgan fingerprint density at radius 2 is 2.06 bits per heavy atom. The van der Waals surface area contributed by atoms with Gasteiger partial charge in [0.2, 0.25) is 0 Å². The molecule has 1 aromatic heterocycles. The summed E-state index contributed by atoms with van der Waals surface area (Å²) in [5, 5.41) is 4.02. The first-order chi connectivity index (χ1) is 8.04. The van der Waals surface area contributed by atoms with E-state index in [2.05, 4.69) is 5.32 Å². The van der Waals surface area contributed by atoms with E-state index < -0.39 is 5.91 Å². The van der Waals surface area contributed by atoms with Crippen molar-refractivity contribution in [1.29, 1.82) is 0 Å². The Hall–Kier alpha value is -2.30. The minimum Gasteiger partial charge on any atom is -0.388 e. The van der Waals surface area contributed by atoms with Crippen LogP contribution in [-0.4, -0.2) is 17.5 Å². The van der Waals surface area contributed by atoms with Gasteiger partial charge in [-0.3, -0.25) is 9.59 Å². The van der Waals surface area contributed by atoms with Crippen molar-refractivity contribution in [3.63, 3.8) is 0 Å². The topological polar surface area (TPSA) is 77.1 Å². The lowest BCUT2D eigenvalue weighted by Gasteiger charge is -2.08. The Balaban J connectivity index is 2.94. The maximum Gasteiger partial charge on any atom is 0.258 e. The highest BCUT2D eigenvalue weighted by Gasteiger charge is 2.11. The average Bonchev–Trinajstić information content (AvgIpc) is 2.32. The highest BCUT2D eigenvalue weighted by molar-refractivity contribution is 6.06. The van der Waals surface area contributed by atoms with Crippen LogP contribution in [0, 0.1) is 0 Å². The third-order valence-corrected chi connectivity index (χ3v) is 2.74. The van der Waals surface area contributed by atoms with Crippen LogP contribution in [0.15, 0.2) is 29.2 Å². The van der Waals surface area contributed by atoms with Gasteiger partial charge in [-0.15, -0.1) is 0 Å². The van der Waals surface area contributed by atoms with Crippen LogP contribution >= 0.6 is 0 Å². The number of pyridine rings is 1. The highest BCUT2D eigenvalue weighted by atomic mass is 16.1. The van der Waals surface area contributed by atoms with Gasteiger partial charge in [0.05, 0.1) is 5.56 Å². The van der Waals surface area contributed by atoms with Crippen molar-refractivity contribution < 1.29 is 4.79 Å². The second-order valence-electron chi connectivity index (χ2n) is 3.83. The maximum absolute atomic E-state index is 11.9. The van der Waals surface area contributed by atoms with Crippen molar-refractivity contribution in [1.82, 2.24) is 4.57 Å². The van der Waals surface area contributed by atoms with Gasteiger partial charge in [-0.25, -0.2) is 0 Å². The number of nitrogens with two attached hydrogens (primary N) is 1. The fourth-order valence-electron chi connectivity index (χ4n) is 1.82. The molecular weight excluding hydrogens is 218 g/mol. The number of rotatable bonds is 2. The number of primary amides is 1. The lowest BCUT2D eigenvalue weighted by atomic mass is 10.1. The minimum absolute atomic E-state index is 0.146. The summed E-state index contributed by atoms with van der Waals surface area (Å²) in [6.45, 7) is 0. The van der Waals surface area contributed by atoms with Gasteiger partial charge in [0, 0.05) is 36.8 Å². The molecule has 0 saturated heterocycles. The fourth-order valence-corrected chi connectivity index (χ4v) is 1.82. The van der Waals surface area contributed by atoms with Gasteiger partial charge in [-0.2, -0.15) is 0 Å². The first-order valence-electron chi connectivity index (χ1n) is 5.15. The van der Waals surface area contributed by atoms with Gasteiger partial charge in [0.25, 0.3) is 11.5 Å². The SMILES string of the molecule is CNc1ccc2c(=O)n(C)cc(C(N)=O)c2c1. The zero-order valence-corrected chi connectivity index (χ0v) is 9.65. The van der Waals surface area contributed by atoms with Crippen molar-refractivity contribution >= 4 is 22.4 Å². The molecule has 1 aromatic carbocycles. The summed E-state index contributed by atoms with van der Waals surface area (Å²) in [6.07, 6.45) is 1.46. The normalized spacial score (nSPS) is 10.5. The number of aromatic nitrogens is 1. The number of fused-ring (bicyclic) bond motifs is 1. The number of nitrogens with one attached hydrogen (secondary N) is 1. The molecule has 0 fully saturated rings. The number of amides is 1. The predicted octanol–water partition coefficient (Wildman–Crippen LogP) is 0.679. The number of carbonyl (C=O) groups excluding carboxylic acids is 1. The molecule has 0 radical (unpaired) electrons. The summed E-state index contributed by atoms with van der Waals surface area (Å²) < 4.78 is 1.36. The van der Waals surface area contributed by atoms with Crippen LogP contribution in [0.3, 0.4) is 0 Å². The molecule has 0 aliphatic heterocycles. The number of hydrogen-bond donors (Lipinski definition) is 2. The molecule has 5 heteroatoms. The van der Waals surface area contributed by atoms with Crippen molar-refractivity contribution in [3.8, 4) is 0 Å². The molecule has 3 N–H and O–H groups in total. The van der Waals surface area contributed by atoms with Crippen LogP contribution in [0.1, 0.15) is 10.4 Å². The molecule has 88 valence electrons. The molecule has 5 nitrogen and oxygen atoms in total. The summed E-state index contributed by atoms with van der Waals surface area (Å²) in [6, 6.07) is 5.22. The first kappa shape index (κ1) is 11.2. The van der Waals surface area contributed by atoms with Gasteiger partial charge in [0.15, 0.2) is 0 Å². The van der Waals surface area contributed by atoms with Crippen molar-refractivity contribution in [2.45, 2.75) is 0 Å². The Labute approximate surface area is 97.9 Å². The van der Waals surface area contributed by atoms with E-state index in [9.17, 15) is 9.59 Å². The number of anilines is 1. The summed E-state index contributed by atoms with van der Waals surface area (Å²) in [5.74, 6) is -0.543. The molecule has 0 unspecified atom stereocenters. The third kappa shape index (κ3) is 1.75.